The molecule has 114 valence electrons. The van der Waals surface area contributed by atoms with Crippen molar-refractivity contribution < 1.29 is 9.53 Å². The van der Waals surface area contributed by atoms with Gasteiger partial charge < -0.3 is 15.4 Å². The van der Waals surface area contributed by atoms with Gasteiger partial charge in [-0.25, -0.2) is 4.79 Å². The number of anilines is 1. The lowest BCUT2D eigenvalue weighted by Crippen LogP contribution is -2.37. The van der Waals surface area contributed by atoms with Crippen molar-refractivity contribution in [1.29, 1.82) is 5.26 Å². The molecule has 1 aliphatic heterocycles. The molecule has 2 rings (SSSR count). The number of ether oxygens (including phenoxy) is 1. The van der Waals surface area contributed by atoms with Crippen molar-refractivity contribution in [2.24, 2.45) is 0 Å². The van der Waals surface area contributed by atoms with Crippen LogP contribution in [0.2, 0.25) is 0 Å². The first-order chi connectivity index (χ1) is 10.2. The average Bonchev–Trinajstić information content (AvgIpc) is 3.11. The predicted octanol–water partition coefficient (Wildman–Crippen LogP) is 1.88. The highest BCUT2D eigenvalue weighted by Crippen LogP contribution is 2.14. The first kappa shape index (κ1) is 15.3. The second kappa shape index (κ2) is 7.64. The van der Waals surface area contributed by atoms with E-state index in [0.29, 0.717) is 18.7 Å². The first-order valence-corrected chi connectivity index (χ1v) is 7.29. The van der Waals surface area contributed by atoms with Gasteiger partial charge in [-0.05, 0) is 19.3 Å². The van der Waals surface area contributed by atoms with Gasteiger partial charge >= 0.3 is 6.03 Å². The Morgan fingerprint density at radius 1 is 1.71 bits per heavy atom. The molecule has 21 heavy (non-hydrogen) atoms. The number of amides is 2. The number of nitrogens with one attached hydrogen (secondary N) is 2. The smallest absolute Gasteiger partial charge is 0.319 e. The Morgan fingerprint density at radius 2 is 2.57 bits per heavy atom. The molecule has 1 aromatic rings. The first-order valence-electron chi connectivity index (χ1n) is 7.29. The lowest BCUT2D eigenvalue weighted by molar-refractivity contribution is 0.0940. The van der Waals surface area contributed by atoms with Crippen LogP contribution in [-0.4, -0.2) is 34.6 Å². The molecule has 2 amide bonds. The molecule has 7 nitrogen and oxygen atoms in total. The number of aromatic nitrogens is 2. The monoisotopic (exact) mass is 291 g/mol. The van der Waals surface area contributed by atoms with Crippen LogP contribution < -0.4 is 10.6 Å². The summed E-state index contributed by atoms with van der Waals surface area (Å²) in [6.07, 6.45) is 6.78. The van der Waals surface area contributed by atoms with Gasteiger partial charge in [0.1, 0.15) is 0 Å². The van der Waals surface area contributed by atoms with E-state index in [2.05, 4.69) is 21.8 Å². The van der Waals surface area contributed by atoms with Crippen molar-refractivity contribution in [2.45, 2.75) is 51.3 Å². The van der Waals surface area contributed by atoms with Gasteiger partial charge in [-0.15, -0.1) is 0 Å². The normalized spacial score (nSPS) is 19.0. The molecule has 2 atom stereocenters. The van der Waals surface area contributed by atoms with Crippen molar-refractivity contribution in [3.05, 3.63) is 12.4 Å². The molecule has 7 heteroatoms. The SMILES string of the molecule is CC[C@H](CC#N)NC(=O)Nc1cnn(C[C@H]2CCCO2)c1. The molecule has 1 saturated heterocycles. The standard InChI is InChI=1S/C14H21N5O2/c1-2-11(5-6-15)17-14(20)18-12-8-16-19(9-12)10-13-4-3-7-21-13/h8-9,11,13H,2-5,7,10H2,1H3,(H2,17,18,20)/t11-,13-/m1/s1. The van der Waals surface area contributed by atoms with Gasteiger partial charge in [-0.2, -0.15) is 10.4 Å². The third-order valence-electron chi connectivity index (χ3n) is 3.47. The second-order valence-corrected chi connectivity index (χ2v) is 5.15. The number of carbonyl (C=O) groups excluding carboxylic acids is 1. The number of rotatable bonds is 6. The van der Waals surface area contributed by atoms with Crippen LogP contribution >= 0.6 is 0 Å². The molecule has 0 radical (unpaired) electrons. The number of urea groups is 1. The third-order valence-corrected chi connectivity index (χ3v) is 3.47. The van der Waals surface area contributed by atoms with E-state index in [0.717, 1.165) is 25.9 Å². The highest BCUT2D eigenvalue weighted by Gasteiger charge is 2.16. The Labute approximate surface area is 124 Å². The molecular weight excluding hydrogens is 270 g/mol. The fourth-order valence-electron chi connectivity index (χ4n) is 2.29. The highest BCUT2D eigenvalue weighted by molar-refractivity contribution is 5.89. The molecule has 0 spiro atoms. The lowest BCUT2D eigenvalue weighted by Gasteiger charge is -2.13. The van der Waals surface area contributed by atoms with E-state index in [4.69, 9.17) is 10.00 Å². The molecule has 0 bridgehead atoms. The summed E-state index contributed by atoms with van der Waals surface area (Å²) in [6, 6.07) is 1.62. The van der Waals surface area contributed by atoms with Crippen LogP contribution in [0.4, 0.5) is 10.5 Å². The van der Waals surface area contributed by atoms with Gasteiger partial charge in [0.15, 0.2) is 0 Å². The minimum atomic E-state index is -0.311. The van der Waals surface area contributed by atoms with E-state index < -0.39 is 0 Å². The average molecular weight is 291 g/mol. The van der Waals surface area contributed by atoms with Crippen LogP contribution in [0.25, 0.3) is 0 Å². The molecule has 0 aromatic carbocycles. The van der Waals surface area contributed by atoms with Crippen molar-refractivity contribution in [3.63, 3.8) is 0 Å². The summed E-state index contributed by atoms with van der Waals surface area (Å²) < 4.78 is 7.33. The van der Waals surface area contributed by atoms with E-state index in [1.807, 2.05) is 6.92 Å². The number of hydrogen-bond donors (Lipinski definition) is 2. The molecule has 1 aliphatic rings. The van der Waals surface area contributed by atoms with Gasteiger partial charge in [-0.1, -0.05) is 6.92 Å². The van der Waals surface area contributed by atoms with E-state index in [1.165, 1.54) is 0 Å². The lowest BCUT2D eigenvalue weighted by atomic mass is 10.2. The third kappa shape index (κ3) is 4.76. The predicted molar refractivity (Wildman–Crippen MR) is 77.7 cm³/mol. The molecule has 2 N–H and O–H groups in total. The van der Waals surface area contributed by atoms with Gasteiger partial charge in [0, 0.05) is 18.8 Å². The zero-order chi connectivity index (χ0) is 15.1. The summed E-state index contributed by atoms with van der Waals surface area (Å²) >= 11 is 0. The Balaban J connectivity index is 1.81. The molecule has 0 unspecified atom stereocenters. The van der Waals surface area contributed by atoms with E-state index in [9.17, 15) is 4.79 Å². The summed E-state index contributed by atoms with van der Waals surface area (Å²) in [5.41, 5.74) is 0.636. The van der Waals surface area contributed by atoms with Crippen LogP contribution in [-0.2, 0) is 11.3 Å². The van der Waals surface area contributed by atoms with Crippen LogP contribution in [0, 0.1) is 11.3 Å². The maximum Gasteiger partial charge on any atom is 0.319 e. The topological polar surface area (TPSA) is 92.0 Å². The van der Waals surface area contributed by atoms with Crippen molar-refractivity contribution in [3.8, 4) is 6.07 Å². The van der Waals surface area contributed by atoms with Crippen LogP contribution in [0.1, 0.15) is 32.6 Å². The Kier molecular flexibility index (Phi) is 5.58. The number of nitriles is 1. The largest absolute Gasteiger partial charge is 0.376 e. The Morgan fingerprint density at radius 3 is 3.24 bits per heavy atom. The number of hydrogen-bond acceptors (Lipinski definition) is 4. The van der Waals surface area contributed by atoms with Crippen molar-refractivity contribution in [1.82, 2.24) is 15.1 Å². The van der Waals surface area contributed by atoms with Crippen molar-refractivity contribution in [2.75, 3.05) is 11.9 Å². The fourth-order valence-corrected chi connectivity index (χ4v) is 2.29. The van der Waals surface area contributed by atoms with Crippen LogP contribution in [0.15, 0.2) is 12.4 Å². The Bertz CT molecular complexity index is 502. The van der Waals surface area contributed by atoms with Crippen LogP contribution in [0.5, 0.6) is 0 Å². The van der Waals surface area contributed by atoms with Gasteiger partial charge in [0.05, 0.1) is 37.0 Å². The molecule has 2 heterocycles. The summed E-state index contributed by atoms with van der Waals surface area (Å²) in [7, 11) is 0. The van der Waals surface area contributed by atoms with Gasteiger partial charge in [-0.3, -0.25) is 4.68 Å². The molecule has 0 aliphatic carbocycles. The summed E-state index contributed by atoms with van der Waals surface area (Å²) in [5, 5.41) is 18.4. The van der Waals surface area contributed by atoms with Crippen molar-refractivity contribution >= 4 is 11.7 Å². The molecule has 1 fully saturated rings. The zero-order valence-electron chi connectivity index (χ0n) is 12.2. The summed E-state index contributed by atoms with van der Waals surface area (Å²) in [5.74, 6) is 0. The van der Waals surface area contributed by atoms with Crippen LogP contribution in [0.3, 0.4) is 0 Å². The fraction of sp³-hybridized carbons (Fsp3) is 0.643. The Hall–Kier alpha value is -2.07. The highest BCUT2D eigenvalue weighted by atomic mass is 16.5. The summed E-state index contributed by atoms with van der Waals surface area (Å²) in [6.45, 7) is 3.45. The number of carbonyl (C=O) groups is 1. The van der Waals surface area contributed by atoms with Gasteiger partial charge in [0.2, 0.25) is 0 Å². The minimum Gasteiger partial charge on any atom is -0.376 e. The number of nitrogens with zero attached hydrogens (tertiary/aromatic N) is 3. The second-order valence-electron chi connectivity index (χ2n) is 5.15. The maximum atomic E-state index is 11.8. The van der Waals surface area contributed by atoms with E-state index >= 15 is 0 Å². The van der Waals surface area contributed by atoms with Gasteiger partial charge in [0.25, 0.3) is 0 Å². The quantitative estimate of drug-likeness (QED) is 0.837. The maximum absolute atomic E-state index is 11.8. The summed E-state index contributed by atoms with van der Waals surface area (Å²) in [4.78, 5) is 11.8. The minimum absolute atomic E-state index is 0.128. The molecule has 1 aromatic heterocycles. The van der Waals surface area contributed by atoms with E-state index in [-0.39, 0.29) is 18.2 Å². The van der Waals surface area contributed by atoms with E-state index in [1.54, 1.807) is 17.1 Å². The zero-order valence-corrected chi connectivity index (χ0v) is 12.2. The molecular formula is C14H21N5O2. The molecule has 0 saturated carbocycles.